The number of carboxylic acid groups (broad SMARTS) is 1. The Balaban J connectivity index is 1.75. The van der Waals surface area contributed by atoms with Crippen LogP contribution in [0.25, 0.3) is 10.4 Å². The summed E-state index contributed by atoms with van der Waals surface area (Å²) in [4.78, 5) is 43.0. The van der Waals surface area contributed by atoms with E-state index in [1.54, 1.807) is 20.8 Å². The second kappa shape index (κ2) is 15.6. The van der Waals surface area contributed by atoms with Gasteiger partial charge in [-0.05, 0) is 39.1 Å². The van der Waals surface area contributed by atoms with Gasteiger partial charge in [-0.15, -0.1) is 0 Å². The zero-order valence-corrected chi connectivity index (χ0v) is 21.9. The number of rotatable bonds is 15. The van der Waals surface area contributed by atoms with Gasteiger partial charge in [-0.2, -0.15) is 0 Å². The molecule has 1 N–H and O–H groups in total. The Kier molecular flexibility index (Phi) is 12.9. The largest absolute Gasteiger partial charge is 0.480 e. The fraction of sp³-hybridized carbons (Fsp3) is 0.870. The van der Waals surface area contributed by atoms with Gasteiger partial charge < -0.3 is 33.7 Å². The number of carboxylic acids is 1. The van der Waals surface area contributed by atoms with Crippen LogP contribution in [0.15, 0.2) is 5.11 Å². The van der Waals surface area contributed by atoms with Gasteiger partial charge in [-0.3, -0.25) is 9.69 Å². The SMILES string of the molecule is CC(C)(C)OC(=O)N1C[C@H](OCCOCCOCCOCCN=[N+]=[N-])C[C@H]1C(=O)N1CCC[C@H]1C(=O)O. The molecule has 0 unspecified atom stereocenters. The Bertz CT molecular complexity index is 800. The minimum atomic E-state index is -1.04. The summed E-state index contributed by atoms with van der Waals surface area (Å²) in [7, 11) is 0. The van der Waals surface area contributed by atoms with Crippen molar-refractivity contribution in [2.45, 2.75) is 63.8 Å². The quantitative estimate of drug-likeness (QED) is 0.144. The maximum Gasteiger partial charge on any atom is 0.411 e. The van der Waals surface area contributed by atoms with Gasteiger partial charge in [-0.1, -0.05) is 5.11 Å². The highest BCUT2D eigenvalue weighted by atomic mass is 16.6. The first-order valence-corrected chi connectivity index (χ1v) is 12.5. The summed E-state index contributed by atoms with van der Waals surface area (Å²) in [6.45, 7) is 8.47. The fourth-order valence-electron chi connectivity index (χ4n) is 4.12. The molecule has 2 amide bonds. The van der Waals surface area contributed by atoms with Crippen LogP contribution in [0.5, 0.6) is 0 Å². The van der Waals surface area contributed by atoms with E-state index >= 15 is 0 Å². The summed E-state index contributed by atoms with van der Waals surface area (Å²) >= 11 is 0. The maximum atomic E-state index is 13.3. The summed E-state index contributed by atoms with van der Waals surface area (Å²) in [5, 5.41) is 12.8. The molecule has 0 aromatic heterocycles. The Morgan fingerprint density at radius 2 is 1.59 bits per heavy atom. The highest BCUT2D eigenvalue weighted by Crippen LogP contribution is 2.28. The Morgan fingerprint density at radius 1 is 0.973 bits per heavy atom. The third kappa shape index (κ3) is 10.7. The minimum absolute atomic E-state index is 0.166. The van der Waals surface area contributed by atoms with Crippen LogP contribution in [0.3, 0.4) is 0 Å². The summed E-state index contributed by atoms with van der Waals surface area (Å²) in [6, 6.07) is -1.73. The van der Waals surface area contributed by atoms with Gasteiger partial charge in [0.1, 0.15) is 17.7 Å². The fourth-order valence-corrected chi connectivity index (χ4v) is 4.12. The standard InChI is InChI=1S/C23H39N5O9/c1-23(2,3)37-22(32)28-16-17(15-19(28)20(29)27-7-4-5-18(27)21(30)31)36-14-13-35-12-11-34-10-9-33-8-6-25-26-24/h17-19H,4-16H2,1-3H3,(H,30,31)/t17-,18+,19+/m1/s1. The number of ether oxygens (including phenoxy) is 5. The lowest BCUT2D eigenvalue weighted by Crippen LogP contribution is -2.51. The van der Waals surface area contributed by atoms with Crippen molar-refractivity contribution in [3.63, 3.8) is 0 Å². The smallest absolute Gasteiger partial charge is 0.411 e. The van der Waals surface area contributed by atoms with Crippen molar-refractivity contribution in [1.29, 1.82) is 0 Å². The molecule has 210 valence electrons. The van der Waals surface area contributed by atoms with E-state index in [0.717, 1.165) is 0 Å². The molecule has 0 aromatic rings. The second-order valence-corrected chi connectivity index (χ2v) is 9.70. The number of carbonyl (C=O) groups excluding carboxylic acids is 2. The number of likely N-dealkylation sites (tertiary alicyclic amines) is 2. The first kappa shape index (κ1) is 30.6. The van der Waals surface area contributed by atoms with Gasteiger partial charge in [-0.25, -0.2) is 9.59 Å². The molecule has 0 spiro atoms. The van der Waals surface area contributed by atoms with Gasteiger partial charge in [0.2, 0.25) is 5.91 Å². The van der Waals surface area contributed by atoms with E-state index in [1.165, 1.54) is 9.80 Å². The molecule has 2 fully saturated rings. The lowest BCUT2D eigenvalue weighted by molar-refractivity contribution is -0.150. The molecule has 2 saturated heterocycles. The van der Waals surface area contributed by atoms with E-state index in [2.05, 4.69) is 10.0 Å². The zero-order chi connectivity index (χ0) is 27.3. The molecule has 2 aliphatic rings. The van der Waals surface area contributed by atoms with Crippen LogP contribution in [0.4, 0.5) is 4.79 Å². The average molecular weight is 530 g/mol. The van der Waals surface area contributed by atoms with Crippen LogP contribution in [0, 0.1) is 0 Å². The van der Waals surface area contributed by atoms with Crippen molar-refractivity contribution >= 4 is 18.0 Å². The molecule has 0 bridgehead atoms. The third-order valence-electron chi connectivity index (χ3n) is 5.72. The summed E-state index contributed by atoms with van der Waals surface area (Å²) in [5.41, 5.74) is 7.42. The highest BCUT2D eigenvalue weighted by Gasteiger charge is 2.46. The van der Waals surface area contributed by atoms with Crippen LogP contribution < -0.4 is 0 Å². The predicted molar refractivity (Wildman–Crippen MR) is 130 cm³/mol. The van der Waals surface area contributed by atoms with Gasteiger partial charge in [0.05, 0.1) is 58.9 Å². The second-order valence-electron chi connectivity index (χ2n) is 9.70. The van der Waals surface area contributed by atoms with E-state index < -0.39 is 41.8 Å². The van der Waals surface area contributed by atoms with Crippen molar-refractivity contribution in [1.82, 2.24) is 9.80 Å². The van der Waals surface area contributed by atoms with E-state index in [0.29, 0.717) is 59.0 Å². The van der Waals surface area contributed by atoms with Gasteiger partial charge in [0.25, 0.3) is 0 Å². The van der Waals surface area contributed by atoms with E-state index in [1.807, 2.05) is 0 Å². The average Bonchev–Trinajstić information content (AvgIpc) is 3.48. The normalized spacial score (nSPS) is 21.6. The molecule has 3 atom stereocenters. The summed E-state index contributed by atoms with van der Waals surface area (Å²) < 4.78 is 27.5. The first-order valence-electron chi connectivity index (χ1n) is 12.5. The molecule has 2 heterocycles. The van der Waals surface area contributed by atoms with Gasteiger partial charge in [0.15, 0.2) is 0 Å². The molecule has 2 rings (SSSR count). The van der Waals surface area contributed by atoms with Gasteiger partial charge in [0, 0.05) is 24.4 Å². The van der Waals surface area contributed by atoms with Crippen molar-refractivity contribution in [3.05, 3.63) is 10.4 Å². The Labute approximate surface area is 216 Å². The van der Waals surface area contributed by atoms with Crippen molar-refractivity contribution in [2.75, 3.05) is 65.9 Å². The van der Waals surface area contributed by atoms with E-state index in [-0.39, 0.29) is 26.1 Å². The predicted octanol–water partition coefficient (Wildman–Crippen LogP) is 1.82. The number of carbonyl (C=O) groups is 3. The Morgan fingerprint density at radius 3 is 2.19 bits per heavy atom. The molecule has 14 heteroatoms. The van der Waals surface area contributed by atoms with E-state index in [9.17, 15) is 19.5 Å². The lowest BCUT2D eigenvalue weighted by atomic mass is 10.1. The molecule has 0 radical (unpaired) electrons. The van der Waals surface area contributed by atoms with Gasteiger partial charge >= 0.3 is 12.1 Å². The molecule has 2 aliphatic heterocycles. The molecule has 0 saturated carbocycles. The van der Waals surface area contributed by atoms with Crippen LogP contribution in [-0.2, 0) is 33.3 Å². The summed E-state index contributed by atoms with van der Waals surface area (Å²) in [6.07, 6.45) is 0.218. The molecule has 0 aromatic carbocycles. The first-order chi connectivity index (χ1) is 17.6. The van der Waals surface area contributed by atoms with Crippen molar-refractivity contribution in [3.8, 4) is 0 Å². The third-order valence-corrected chi connectivity index (χ3v) is 5.72. The monoisotopic (exact) mass is 529 g/mol. The number of hydrogen-bond acceptors (Lipinski definition) is 9. The van der Waals surface area contributed by atoms with Crippen LogP contribution in [0.2, 0.25) is 0 Å². The Hall–Kier alpha value is -2.64. The maximum absolute atomic E-state index is 13.3. The number of hydrogen-bond donors (Lipinski definition) is 1. The van der Waals surface area contributed by atoms with Crippen molar-refractivity contribution in [2.24, 2.45) is 5.11 Å². The van der Waals surface area contributed by atoms with Crippen LogP contribution >= 0.6 is 0 Å². The molecular weight excluding hydrogens is 490 g/mol. The molecule has 37 heavy (non-hydrogen) atoms. The summed E-state index contributed by atoms with van der Waals surface area (Å²) in [5.74, 6) is -1.43. The molecule has 0 aliphatic carbocycles. The van der Waals surface area contributed by atoms with E-state index in [4.69, 9.17) is 29.2 Å². The highest BCUT2D eigenvalue weighted by molar-refractivity contribution is 5.90. The topological polar surface area (TPSA) is 173 Å². The molecular formula is C23H39N5O9. The molecule has 14 nitrogen and oxygen atoms in total. The number of nitrogens with zero attached hydrogens (tertiary/aromatic N) is 5. The van der Waals surface area contributed by atoms with Crippen molar-refractivity contribution < 1.29 is 43.2 Å². The van der Waals surface area contributed by atoms with Crippen LogP contribution in [-0.4, -0.2) is 123 Å². The zero-order valence-electron chi connectivity index (χ0n) is 21.9. The minimum Gasteiger partial charge on any atom is -0.480 e. The number of amides is 2. The lowest BCUT2D eigenvalue weighted by Gasteiger charge is -2.31. The van der Waals surface area contributed by atoms with Crippen LogP contribution in [0.1, 0.15) is 40.0 Å². The number of azide groups is 1. The number of aliphatic carboxylic acids is 1.